The van der Waals surface area contributed by atoms with Gasteiger partial charge in [0.1, 0.15) is 0 Å². The molecule has 0 aromatic carbocycles. The molecule has 1 aliphatic carbocycles. The van der Waals surface area contributed by atoms with E-state index in [0.29, 0.717) is 18.0 Å². The molecule has 112 valence electrons. The Bertz CT molecular complexity index is 259. The monoisotopic (exact) mass is 268 g/mol. The SMILES string of the molecule is CCCC(COC)N1CC(C2CC2)NCC1C(C)C. The first-order chi connectivity index (χ1) is 9.17. The first-order valence-electron chi connectivity index (χ1n) is 8.15. The molecule has 19 heavy (non-hydrogen) atoms. The summed E-state index contributed by atoms with van der Waals surface area (Å²) in [6.45, 7) is 10.3. The van der Waals surface area contributed by atoms with Gasteiger partial charge in [-0.15, -0.1) is 0 Å². The average molecular weight is 268 g/mol. The third-order valence-electron chi connectivity index (χ3n) is 4.83. The van der Waals surface area contributed by atoms with E-state index in [1.165, 1.54) is 32.2 Å². The van der Waals surface area contributed by atoms with Crippen LogP contribution < -0.4 is 5.32 Å². The summed E-state index contributed by atoms with van der Waals surface area (Å²) in [4.78, 5) is 2.76. The van der Waals surface area contributed by atoms with E-state index in [4.69, 9.17) is 4.74 Å². The lowest BCUT2D eigenvalue weighted by molar-refractivity contribution is 0.00992. The minimum Gasteiger partial charge on any atom is -0.383 e. The van der Waals surface area contributed by atoms with Gasteiger partial charge in [-0.25, -0.2) is 0 Å². The van der Waals surface area contributed by atoms with Crippen LogP contribution in [0.1, 0.15) is 46.5 Å². The Balaban J connectivity index is 2.03. The maximum Gasteiger partial charge on any atom is 0.0618 e. The predicted molar refractivity (Wildman–Crippen MR) is 80.4 cm³/mol. The topological polar surface area (TPSA) is 24.5 Å². The van der Waals surface area contributed by atoms with Crippen LogP contribution in [0.5, 0.6) is 0 Å². The van der Waals surface area contributed by atoms with Crippen molar-refractivity contribution in [2.75, 3.05) is 26.8 Å². The average Bonchev–Trinajstić information content (AvgIpc) is 3.22. The molecule has 3 unspecified atom stereocenters. The molecule has 1 N–H and O–H groups in total. The second-order valence-electron chi connectivity index (χ2n) is 6.76. The Labute approximate surface area is 119 Å². The van der Waals surface area contributed by atoms with Crippen LogP contribution in [0, 0.1) is 11.8 Å². The van der Waals surface area contributed by atoms with Crippen molar-refractivity contribution in [2.45, 2.75) is 64.6 Å². The molecule has 1 saturated heterocycles. The highest BCUT2D eigenvalue weighted by molar-refractivity contribution is 4.97. The van der Waals surface area contributed by atoms with Gasteiger partial charge < -0.3 is 10.1 Å². The van der Waals surface area contributed by atoms with Gasteiger partial charge in [-0.2, -0.15) is 0 Å². The summed E-state index contributed by atoms with van der Waals surface area (Å²) in [5.41, 5.74) is 0. The van der Waals surface area contributed by atoms with Crippen LogP contribution in [-0.4, -0.2) is 49.8 Å². The minimum atomic E-state index is 0.603. The Kier molecular flexibility index (Phi) is 5.67. The summed E-state index contributed by atoms with van der Waals surface area (Å²) in [6, 6.07) is 2.00. The van der Waals surface area contributed by atoms with E-state index in [0.717, 1.165) is 25.1 Å². The van der Waals surface area contributed by atoms with E-state index >= 15 is 0 Å². The van der Waals surface area contributed by atoms with Crippen molar-refractivity contribution in [1.82, 2.24) is 10.2 Å². The van der Waals surface area contributed by atoms with Gasteiger partial charge in [-0.1, -0.05) is 27.2 Å². The zero-order valence-electron chi connectivity index (χ0n) is 13.2. The van der Waals surface area contributed by atoms with Gasteiger partial charge in [-0.3, -0.25) is 4.90 Å². The molecule has 1 aliphatic heterocycles. The lowest BCUT2D eigenvalue weighted by atomic mass is 9.94. The molecule has 0 bridgehead atoms. The maximum absolute atomic E-state index is 5.49. The minimum absolute atomic E-state index is 0.603. The van der Waals surface area contributed by atoms with E-state index < -0.39 is 0 Å². The van der Waals surface area contributed by atoms with Gasteiger partial charge in [0, 0.05) is 38.3 Å². The standard InChI is InChI=1S/C16H32N2O/c1-5-6-14(11-19-4)18-10-15(13-7-8-13)17-9-16(18)12(2)3/h12-17H,5-11H2,1-4H3. The van der Waals surface area contributed by atoms with Gasteiger partial charge in [0.05, 0.1) is 6.61 Å². The van der Waals surface area contributed by atoms with E-state index in [-0.39, 0.29) is 0 Å². The van der Waals surface area contributed by atoms with Crippen LogP contribution in [0.3, 0.4) is 0 Å². The van der Waals surface area contributed by atoms with Crippen molar-refractivity contribution in [3.05, 3.63) is 0 Å². The molecule has 3 atom stereocenters. The summed E-state index contributed by atoms with van der Waals surface area (Å²) in [7, 11) is 1.84. The van der Waals surface area contributed by atoms with Gasteiger partial charge in [-0.05, 0) is 31.1 Å². The van der Waals surface area contributed by atoms with E-state index in [1.807, 2.05) is 7.11 Å². The highest BCUT2D eigenvalue weighted by Crippen LogP contribution is 2.35. The molecule has 2 aliphatic rings. The Morgan fingerprint density at radius 2 is 2.05 bits per heavy atom. The number of hydrogen-bond donors (Lipinski definition) is 1. The molecule has 2 fully saturated rings. The van der Waals surface area contributed by atoms with E-state index in [2.05, 4.69) is 31.0 Å². The number of piperazine rings is 1. The summed E-state index contributed by atoms with van der Waals surface area (Å²) >= 11 is 0. The number of nitrogens with zero attached hydrogens (tertiary/aromatic N) is 1. The van der Waals surface area contributed by atoms with E-state index in [9.17, 15) is 0 Å². The van der Waals surface area contributed by atoms with Crippen LogP contribution in [0.2, 0.25) is 0 Å². The van der Waals surface area contributed by atoms with Crippen molar-refractivity contribution in [2.24, 2.45) is 11.8 Å². The number of hydrogen-bond acceptors (Lipinski definition) is 3. The Hall–Kier alpha value is -0.120. The first kappa shape index (κ1) is 15.3. The fourth-order valence-corrected chi connectivity index (χ4v) is 3.54. The number of rotatable bonds is 7. The lowest BCUT2D eigenvalue weighted by Gasteiger charge is -2.46. The van der Waals surface area contributed by atoms with Gasteiger partial charge in [0.25, 0.3) is 0 Å². The third kappa shape index (κ3) is 3.93. The van der Waals surface area contributed by atoms with Crippen molar-refractivity contribution in [3.8, 4) is 0 Å². The molecule has 0 aromatic heterocycles. The molecule has 3 nitrogen and oxygen atoms in total. The molecule has 0 radical (unpaired) electrons. The highest BCUT2D eigenvalue weighted by Gasteiger charge is 2.39. The summed E-state index contributed by atoms with van der Waals surface area (Å²) in [5, 5.41) is 3.80. The lowest BCUT2D eigenvalue weighted by Crippen LogP contribution is -2.62. The quantitative estimate of drug-likeness (QED) is 0.768. The number of methoxy groups -OCH3 is 1. The second kappa shape index (κ2) is 7.05. The van der Waals surface area contributed by atoms with Crippen molar-refractivity contribution in [3.63, 3.8) is 0 Å². The molecule has 0 amide bonds. The van der Waals surface area contributed by atoms with Gasteiger partial charge in [0.2, 0.25) is 0 Å². The molecule has 0 aromatic rings. The van der Waals surface area contributed by atoms with Crippen molar-refractivity contribution < 1.29 is 4.74 Å². The second-order valence-corrected chi connectivity index (χ2v) is 6.76. The Morgan fingerprint density at radius 3 is 2.58 bits per heavy atom. The van der Waals surface area contributed by atoms with Crippen LogP contribution >= 0.6 is 0 Å². The zero-order chi connectivity index (χ0) is 13.8. The molecule has 1 saturated carbocycles. The molecule has 3 heteroatoms. The Morgan fingerprint density at radius 1 is 1.32 bits per heavy atom. The van der Waals surface area contributed by atoms with Crippen molar-refractivity contribution >= 4 is 0 Å². The normalized spacial score (nSPS) is 30.8. The highest BCUT2D eigenvalue weighted by atomic mass is 16.5. The maximum atomic E-state index is 5.49. The van der Waals surface area contributed by atoms with Crippen LogP contribution in [0.15, 0.2) is 0 Å². The predicted octanol–water partition coefficient (Wildman–Crippen LogP) is 2.51. The fourth-order valence-electron chi connectivity index (χ4n) is 3.54. The van der Waals surface area contributed by atoms with Crippen LogP contribution in [0.4, 0.5) is 0 Å². The first-order valence-corrected chi connectivity index (χ1v) is 8.15. The number of ether oxygens (including phenoxy) is 1. The molecule has 0 spiro atoms. The largest absolute Gasteiger partial charge is 0.383 e. The summed E-state index contributed by atoms with van der Waals surface area (Å²) in [5.74, 6) is 1.66. The molecule has 1 heterocycles. The third-order valence-corrected chi connectivity index (χ3v) is 4.83. The van der Waals surface area contributed by atoms with Gasteiger partial charge >= 0.3 is 0 Å². The molecule has 2 rings (SSSR count). The summed E-state index contributed by atoms with van der Waals surface area (Å²) < 4.78 is 5.49. The molecular formula is C16H32N2O. The van der Waals surface area contributed by atoms with Crippen LogP contribution in [0.25, 0.3) is 0 Å². The van der Waals surface area contributed by atoms with E-state index in [1.54, 1.807) is 0 Å². The van der Waals surface area contributed by atoms with Crippen molar-refractivity contribution in [1.29, 1.82) is 0 Å². The van der Waals surface area contributed by atoms with Crippen LogP contribution in [-0.2, 0) is 4.74 Å². The fraction of sp³-hybridized carbons (Fsp3) is 1.00. The molecular weight excluding hydrogens is 236 g/mol. The number of nitrogens with one attached hydrogen (secondary N) is 1. The summed E-state index contributed by atoms with van der Waals surface area (Å²) in [6.07, 6.45) is 5.37. The smallest absolute Gasteiger partial charge is 0.0618 e. The zero-order valence-corrected chi connectivity index (χ0v) is 13.2. The van der Waals surface area contributed by atoms with Gasteiger partial charge in [0.15, 0.2) is 0 Å².